The van der Waals surface area contributed by atoms with Crippen LogP contribution in [0.2, 0.25) is 0 Å². The van der Waals surface area contributed by atoms with Crippen molar-refractivity contribution in [1.82, 2.24) is 14.9 Å². The van der Waals surface area contributed by atoms with Gasteiger partial charge in [0.2, 0.25) is 0 Å². The molecule has 0 aromatic carbocycles. The lowest BCUT2D eigenvalue weighted by Gasteiger charge is -2.33. The van der Waals surface area contributed by atoms with Gasteiger partial charge in [-0.3, -0.25) is 9.59 Å². The van der Waals surface area contributed by atoms with Crippen molar-refractivity contribution in [3.63, 3.8) is 0 Å². The molecule has 1 atom stereocenters. The number of likely N-dealkylation sites (tertiary alicyclic amines) is 1. The molecule has 3 rings (SSSR count). The first-order chi connectivity index (χ1) is 10.1. The van der Waals surface area contributed by atoms with Crippen molar-refractivity contribution in [2.75, 3.05) is 19.7 Å². The number of hydrogen-bond donors (Lipinski definition) is 1. The Morgan fingerprint density at radius 2 is 2.14 bits per heavy atom. The number of aromatic amines is 1. The highest BCUT2D eigenvalue weighted by Gasteiger charge is 2.31. The second-order valence-electron chi connectivity index (χ2n) is 5.86. The molecule has 0 saturated carbocycles. The van der Waals surface area contributed by atoms with Crippen molar-refractivity contribution in [2.45, 2.75) is 44.6 Å². The number of nitrogens with one attached hydrogen (secondary N) is 1. The van der Waals surface area contributed by atoms with Crippen LogP contribution in [0.4, 0.5) is 0 Å². The molecule has 0 spiro atoms. The quantitative estimate of drug-likeness (QED) is 0.880. The summed E-state index contributed by atoms with van der Waals surface area (Å²) in [7, 11) is 0. The summed E-state index contributed by atoms with van der Waals surface area (Å²) in [6.07, 6.45) is 3.29. The first kappa shape index (κ1) is 14.3. The average Bonchev–Trinajstić information content (AvgIpc) is 3.00. The van der Waals surface area contributed by atoms with E-state index in [1.807, 2.05) is 4.90 Å². The van der Waals surface area contributed by atoms with Crippen molar-refractivity contribution >= 4 is 5.91 Å². The Morgan fingerprint density at radius 1 is 1.38 bits per heavy atom. The summed E-state index contributed by atoms with van der Waals surface area (Å²) in [5.74, 6) is 1.04. The normalized spacial score (nSPS) is 23.5. The molecule has 2 aliphatic rings. The Bertz CT molecular complexity index is 570. The predicted octanol–water partition coefficient (Wildman–Crippen LogP) is 0.963. The number of carbonyl (C=O) groups excluding carboxylic acids is 1. The molecule has 0 radical (unpaired) electrons. The van der Waals surface area contributed by atoms with Gasteiger partial charge in [-0.25, -0.2) is 4.98 Å². The number of H-pyrrole nitrogens is 1. The zero-order valence-electron chi connectivity index (χ0n) is 12.3. The molecule has 1 N–H and O–H groups in total. The van der Waals surface area contributed by atoms with Crippen LogP contribution in [-0.4, -0.2) is 46.6 Å². The number of rotatable bonds is 2. The van der Waals surface area contributed by atoms with E-state index < -0.39 is 0 Å². The topological polar surface area (TPSA) is 75.3 Å². The van der Waals surface area contributed by atoms with E-state index in [1.165, 1.54) is 0 Å². The Hall–Kier alpha value is -1.69. The molecule has 2 saturated heterocycles. The minimum Gasteiger partial charge on any atom is -0.368 e. The lowest BCUT2D eigenvalue weighted by molar-refractivity contribution is -0.142. The van der Waals surface area contributed by atoms with Crippen LogP contribution in [0.3, 0.4) is 0 Å². The van der Waals surface area contributed by atoms with Crippen molar-refractivity contribution in [1.29, 1.82) is 0 Å². The van der Waals surface area contributed by atoms with Gasteiger partial charge in [0.1, 0.15) is 11.9 Å². The van der Waals surface area contributed by atoms with Crippen LogP contribution in [0.25, 0.3) is 0 Å². The van der Waals surface area contributed by atoms with E-state index in [0.29, 0.717) is 12.4 Å². The first-order valence-corrected chi connectivity index (χ1v) is 7.62. The van der Waals surface area contributed by atoms with Gasteiger partial charge in [0.25, 0.3) is 11.5 Å². The van der Waals surface area contributed by atoms with Gasteiger partial charge in [0, 0.05) is 31.7 Å². The van der Waals surface area contributed by atoms with E-state index in [1.54, 1.807) is 13.0 Å². The zero-order valence-corrected chi connectivity index (χ0v) is 12.3. The van der Waals surface area contributed by atoms with Gasteiger partial charge in [-0.1, -0.05) is 0 Å². The fraction of sp³-hybridized carbons (Fsp3) is 0.667. The van der Waals surface area contributed by atoms with Crippen molar-refractivity contribution in [2.24, 2.45) is 0 Å². The molecule has 6 nitrogen and oxygen atoms in total. The third-order valence-corrected chi connectivity index (χ3v) is 4.31. The van der Waals surface area contributed by atoms with E-state index in [0.717, 1.165) is 44.5 Å². The minimum atomic E-state index is -0.235. The lowest BCUT2D eigenvalue weighted by Crippen LogP contribution is -2.43. The zero-order chi connectivity index (χ0) is 14.8. The Labute approximate surface area is 123 Å². The second kappa shape index (κ2) is 5.97. The minimum absolute atomic E-state index is 0.102. The van der Waals surface area contributed by atoms with Crippen LogP contribution < -0.4 is 5.56 Å². The molecular weight excluding hydrogens is 270 g/mol. The molecule has 114 valence electrons. The SMILES string of the molecule is Cc1nc(C2CCN(C(=O)[C@H]3CCCO3)CC2)cc(=O)[nH]1. The number of hydrogen-bond acceptors (Lipinski definition) is 4. The number of aryl methyl sites for hydroxylation is 1. The fourth-order valence-corrected chi connectivity index (χ4v) is 3.18. The average molecular weight is 291 g/mol. The number of carbonyl (C=O) groups is 1. The molecule has 1 aromatic rings. The van der Waals surface area contributed by atoms with E-state index in [-0.39, 0.29) is 23.5 Å². The highest BCUT2D eigenvalue weighted by Crippen LogP contribution is 2.27. The van der Waals surface area contributed by atoms with Crippen LogP contribution in [0.5, 0.6) is 0 Å². The molecule has 21 heavy (non-hydrogen) atoms. The van der Waals surface area contributed by atoms with Crippen LogP contribution in [0.15, 0.2) is 10.9 Å². The summed E-state index contributed by atoms with van der Waals surface area (Å²) >= 11 is 0. The maximum atomic E-state index is 12.3. The molecule has 0 unspecified atom stereocenters. The third kappa shape index (κ3) is 3.15. The number of amides is 1. The number of piperidine rings is 1. The summed E-state index contributed by atoms with van der Waals surface area (Å²) in [6, 6.07) is 1.58. The van der Waals surface area contributed by atoms with Gasteiger partial charge < -0.3 is 14.6 Å². The summed E-state index contributed by atoms with van der Waals surface area (Å²) in [5, 5.41) is 0. The summed E-state index contributed by atoms with van der Waals surface area (Å²) in [5.41, 5.74) is 0.746. The Kier molecular flexibility index (Phi) is 4.05. The summed E-state index contributed by atoms with van der Waals surface area (Å²) in [4.78, 5) is 32.8. The maximum absolute atomic E-state index is 12.3. The smallest absolute Gasteiger partial charge is 0.251 e. The van der Waals surface area contributed by atoms with Crippen LogP contribution in [0.1, 0.15) is 43.1 Å². The predicted molar refractivity (Wildman–Crippen MR) is 77.1 cm³/mol. The first-order valence-electron chi connectivity index (χ1n) is 7.62. The molecule has 1 aromatic heterocycles. The van der Waals surface area contributed by atoms with Crippen molar-refractivity contribution < 1.29 is 9.53 Å². The summed E-state index contributed by atoms with van der Waals surface area (Å²) in [6.45, 7) is 3.93. The fourth-order valence-electron chi connectivity index (χ4n) is 3.18. The van der Waals surface area contributed by atoms with E-state index >= 15 is 0 Å². The second-order valence-corrected chi connectivity index (χ2v) is 5.86. The van der Waals surface area contributed by atoms with Crippen LogP contribution >= 0.6 is 0 Å². The van der Waals surface area contributed by atoms with Crippen molar-refractivity contribution in [3.8, 4) is 0 Å². The molecule has 2 fully saturated rings. The summed E-state index contributed by atoms with van der Waals surface area (Å²) < 4.78 is 5.46. The van der Waals surface area contributed by atoms with E-state index in [9.17, 15) is 9.59 Å². The molecule has 0 bridgehead atoms. The Morgan fingerprint density at radius 3 is 2.76 bits per heavy atom. The van der Waals surface area contributed by atoms with Gasteiger partial charge >= 0.3 is 0 Å². The maximum Gasteiger partial charge on any atom is 0.251 e. The lowest BCUT2D eigenvalue weighted by atomic mass is 9.93. The van der Waals surface area contributed by atoms with Crippen LogP contribution in [-0.2, 0) is 9.53 Å². The molecule has 6 heteroatoms. The van der Waals surface area contributed by atoms with E-state index in [4.69, 9.17) is 4.74 Å². The van der Waals surface area contributed by atoms with E-state index in [2.05, 4.69) is 9.97 Å². The molecule has 2 aliphatic heterocycles. The van der Waals surface area contributed by atoms with Gasteiger partial charge in [-0.05, 0) is 32.6 Å². The largest absolute Gasteiger partial charge is 0.368 e. The number of ether oxygens (including phenoxy) is 1. The highest BCUT2D eigenvalue weighted by atomic mass is 16.5. The highest BCUT2D eigenvalue weighted by molar-refractivity contribution is 5.81. The van der Waals surface area contributed by atoms with Gasteiger partial charge in [-0.15, -0.1) is 0 Å². The molecule has 0 aliphatic carbocycles. The standard InChI is InChI=1S/C15H21N3O3/c1-10-16-12(9-14(19)17-10)11-4-6-18(7-5-11)15(20)13-3-2-8-21-13/h9,11,13H,2-8H2,1H3,(H,16,17,19)/t13-/m1/s1. The van der Waals surface area contributed by atoms with Gasteiger partial charge in [-0.2, -0.15) is 0 Å². The van der Waals surface area contributed by atoms with Gasteiger partial charge in [0.05, 0.1) is 5.69 Å². The molecular formula is C15H21N3O3. The monoisotopic (exact) mass is 291 g/mol. The number of aromatic nitrogens is 2. The van der Waals surface area contributed by atoms with Gasteiger partial charge in [0.15, 0.2) is 0 Å². The third-order valence-electron chi connectivity index (χ3n) is 4.31. The molecule has 1 amide bonds. The van der Waals surface area contributed by atoms with Crippen molar-refractivity contribution in [3.05, 3.63) is 27.9 Å². The Balaban J connectivity index is 1.62. The number of nitrogens with zero attached hydrogens (tertiary/aromatic N) is 2. The van der Waals surface area contributed by atoms with Crippen LogP contribution in [0, 0.1) is 6.92 Å². The molecule has 3 heterocycles.